The zero-order chi connectivity index (χ0) is 2.71. The normalized spacial score (nSPS) is 2.25. The van der Waals surface area contributed by atoms with Gasteiger partial charge in [0.15, 0.2) is 0 Å². The second-order valence-corrected chi connectivity index (χ2v) is 0.822. The molecule has 0 fully saturated rings. The van der Waals surface area contributed by atoms with E-state index < -0.39 is 0 Å². The third kappa shape index (κ3) is 17.5. The number of rotatable bonds is 0. The first-order valence-corrected chi connectivity index (χ1v) is 2.06. The minimum absolute atomic E-state index is 0. The van der Waals surface area contributed by atoms with Gasteiger partial charge in [-0.25, -0.2) is 0 Å². The van der Waals surface area contributed by atoms with Gasteiger partial charge in [-0.2, -0.15) is 0 Å². The molecule has 0 atom stereocenters. The predicted molar refractivity (Wildman–Crippen MR) is 5.61 cm³/mol. The summed E-state index contributed by atoms with van der Waals surface area (Å²) in [7, 11) is 0. The number of hydrogen-bond donors (Lipinski definition) is 0. The molecular formula is CCuNZn. The van der Waals surface area contributed by atoms with Crippen LogP contribution in [0.5, 0.6) is 0 Å². The van der Waals surface area contributed by atoms with Gasteiger partial charge in [0.05, 0.1) is 0 Å². The molecule has 0 spiro atoms. The van der Waals surface area contributed by atoms with Gasteiger partial charge in [-0.1, -0.05) is 0 Å². The van der Waals surface area contributed by atoms with E-state index in [9.17, 15) is 0 Å². The molecular weight excluding hydrogens is 155 g/mol. The Morgan fingerprint density at radius 1 is 1.75 bits per heavy atom. The first-order valence-electron chi connectivity index (χ1n) is 0.577. The molecule has 0 aromatic rings. The van der Waals surface area contributed by atoms with Crippen LogP contribution in [0.15, 0.2) is 0 Å². The maximum Gasteiger partial charge on any atom is 0 e. The van der Waals surface area contributed by atoms with E-state index in [4.69, 9.17) is 5.26 Å². The molecule has 0 N–H and O–H groups in total. The van der Waals surface area contributed by atoms with E-state index in [1.54, 1.807) is 0 Å². The minimum Gasteiger partial charge on any atom is 0 e. The molecule has 0 aliphatic heterocycles. The first-order chi connectivity index (χ1) is 1.41. The quantitative estimate of drug-likeness (QED) is 0.452. The van der Waals surface area contributed by atoms with Gasteiger partial charge >= 0.3 is 28.2 Å². The van der Waals surface area contributed by atoms with Gasteiger partial charge in [0.2, 0.25) is 0 Å². The van der Waals surface area contributed by atoms with Gasteiger partial charge < -0.3 is 0 Å². The first kappa shape index (κ1) is 8.82. The second-order valence-electron chi connectivity index (χ2n) is 0.158. The molecule has 1 radical (unpaired) electrons. The summed E-state index contributed by atoms with van der Waals surface area (Å²) in [6, 6.07) is 0. The summed E-state index contributed by atoms with van der Waals surface area (Å²) in [5.41, 5.74) is 0. The van der Waals surface area contributed by atoms with Crippen molar-refractivity contribution < 1.29 is 35.4 Å². The van der Waals surface area contributed by atoms with Crippen molar-refractivity contribution in [1.29, 1.82) is 5.26 Å². The number of nitriles is 1. The Kier molecular flexibility index (Phi) is 20.8. The Morgan fingerprint density at radius 2 is 1.75 bits per heavy atom. The molecule has 0 bridgehead atoms. The van der Waals surface area contributed by atoms with Gasteiger partial charge in [-0.3, -0.25) is 0 Å². The van der Waals surface area contributed by atoms with Crippen molar-refractivity contribution in [3.63, 3.8) is 0 Å². The Hall–Kier alpha value is 0.633. The summed E-state index contributed by atoms with van der Waals surface area (Å²) in [4.78, 5) is 0. The molecule has 22 valence electrons. The van der Waals surface area contributed by atoms with Crippen LogP contribution in [-0.4, -0.2) is 0 Å². The fourth-order valence-electron chi connectivity index (χ4n) is 0. The van der Waals surface area contributed by atoms with Gasteiger partial charge in [0.1, 0.15) is 0 Å². The average molecular weight is 155 g/mol. The van der Waals surface area contributed by atoms with Crippen LogP contribution < -0.4 is 0 Å². The van der Waals surface area contributed by atoms with Crippen LogP contribution in [-0.2, 0) is 35.4 Å². The van der Waals surface area contributed by atoms with Crippen LogP contribution in [0.3, 0.4) is 0 Å². The van der Waals surface area contributed by atoms with Crippen molar-refractivity contribution in [2.45, 2.75) is 0 Å². The smallest absolute Gasteiger partial charge is 0 e. The van der Waals surface area contributed by atoms with Gasteiger partial charge in [0.25, 0.3) is 0 Å². The van der Waals surface area contributed by atoms with Crippen LogP contribution in [0.1, 0.15) is 0 Å². The second kappa shape index (κ2) is 9.45. The van der Waals surface area contributed by atoms with Crippen LogP contribution in [0.4, 0.5) is 0 Å². The summed E-state index contributed by atoms with van der Waals surface area (Å²) < 4.78 is 1.88. The maximum atomic E-state index is 7.38. The predicted octanol–water partition coefficient (Wildman–Crippen LogP) is 0.0118. The molecule has 0 unspecified atom stereocenters. The van der Waals surface area contributed by atoms with Gasteiger partial charge in [-0.15, -0.1) is 0 Å². The van der Waals surface area contributed by atoms with Crippen molar-refractivity contribution >= 4 is 0 Å². The van der Waals surface area contributed by atoms with Crippen molar-refractivity contribution in [3.8, 4) is 4.66 Å². The molecule has 1 nitrogen and oxygen atoms in total. The standard InChI is InChI=1S/CN.Cu.Zn/c1-2;;. The van der Waals surface area contributed by atoms with Crippen molar-refractivity contribution in [2.75, 3.05) is 0 Å². The SMILES string of the molecule is N#[C][Zn].[Cu]. The van der Waals surface area contributed by atoms with E-state index >= 15 is 0 Å². The minimum atomic E-state index is 0. The van der Waals surface area contributed by atoms with Crippen LogP contribution in [0.2, 0.25) is 0 Å². The number of nitrogens with zero attached hydrogens (tertiary/aromatic N) is 1. The molecule has 0 aromatic carbocycles. The fourth-order valence-corrected chi connectivity index (χ4v) is 0. The molecule has 0 aromatic heterocycles. The summed E-state index contributed by atoms with van der Waals surface area (Å²) in [6.45, 7) is 0. The molecule has 0 aliphatic rings. The molecule has 0 amide bonds. The molecule has 0 heterocycles. The van der Waals surface area contributed by atoms with Gasteiger partial charge in [-0.05, 0) is 0 Å². The van der Waals surface area contributed by atoms with Crippen molar-refractivity contribution in [1.82, 2.24) is 0 Å². The van der Waals surface area contributed by atoms with Crippen LogP contribution >= 0.6 is 0 Å². The molecule has 0 aliphatic carbocycles. The molecule has 4 heavy (non-hydrogen) atoms. The summed E-state index contributed by atoms with van der Waals surface area (Å²) in [5, 5.41) is 7.38. The molecule has 0 saturated carbocycles. The molecule has 0 rings (SSSR count). The third-order valence-corrected chi connectivity index (χ3v) is 0. The van der Waals surface area contributed by atoms with Crippen molar-refractivity contribution in [3.05, 3.63) is 0 Å². The Bertz CT molecular complexity index is 29.5. The summed E-state index contributed by atoms with van der Waals surface area (Å²) in [5.74, 6) is 0. The Labute approximate surface area is 45.5 Å². The van der Waals surface area contributed by atoms with E-state index in [1.165, 1.54) is 0 Å². The summed E-state index contributed by atoms with van der Waals surface area (Å²) >= 11 is 0.750. The number of hydrogen-bond acceptors (Lipinski definition) is 1. The molecule has 0 saturated heterocycles. The largest absolute Gasteiger partial charge is 0 e. The fraction of sp³-hybridized carbons (Fsp3) is 0. The zero-order valence-electron chi connectivity index (χ0n) is 1.96. The van der Waals surface area contributed by atoms with Crippen LogP contribution in [0.25, 0.3) is 0 Å². The average Bonchev–Trinajstić information content (AvgIpc) is 0.918. The van der Waals surface area contributed by atoms with E-state index in [-0.39, 0.29) is 17.1 Å². The zero-order valence-corrected chi connectivity index (χ0v) is 5.86. The maximum absolute atomic E-state index is 7.38. The van der Waals surface area contributed by atoms with E-state index in [1.807, 2.05) is 4.66 Å². The summed E-state index contributed by atoms with van der Waals surface area (Å²) in [6.07, 6.45) is 0. The van der Waals surface area contributed by atoms with E-state index in [0.29, 0.717) is 0 Å². The Balaban J connectivity index is 0. The van der Waals surface area contributed by atoms with Crippen molar-refractivity contribution in [2.24, 2.45) is 0 Å². The topological polar surface area (TPSA) is 23.8 Å². The van der Waals surface area contributed by atoms with Gasteiger partial charge in [0, 0.05) is 17.1 Å². The van der Waals surface area contributed by atoms with Crippen LogP contribution in [0, 0.1) is 9.93 Å². The Morgan fingerprint density at radius 3 is 1.75 bits per heavy atom. The van der Waals surface area contributed by atoms with E-state index in [0.717, 1.165) is 18.3 Å². The monoisotopic (exact) mass is 153 g/mol. The molecule has 3 heteroatoms. The van der Waals surface area contributed by atoms with E-state index in [2.05, 4.69) is 0 Å². The third-order valence-electron chi connectivity index (χ3n) is 0.